The number of carbonyl (C=O) groups is 2. The minimum absolute atomic E-state index is 0.0885. The second kappa shape index (κ2) is 8.27. The van der Waals surface area contributed by atoms with Gasteiger partial charge in [0.15, 0.2) is 4.91 Å². The summed E-state index contributed by atoms with van der Waals surface area (Å²) < 4.78 is 29.3. The average Bonchev–Trinajstić information content (AvgIpc) is 2.99. The zero-order valence-electron chi connectivity index (χ0n) is 17.8. The summed E-state index contributed by atoms with van der Waals surface area (Å²) in [6, 6.07) is 6.19. The van der Waals surface area contributed by atoms with Crippen molar-refractivity contribution in [2.45, 2.75) is 70.9 Å². The van der Waals surface area contributed by atoms with E-state index in [0.29, 0.717) is 18.7 Å². The van der Waals surface area contributed by atoms with Crippen molar-refractivity contribution >= 4 is 21.6 Å². The molecule has 7 heteroatoms. The molecule has 2 fully saturated rings. The van der Waals surface area contributed by atoms with Gasteiger partial charge in [0.25, 0.3) is 0 Å². The van der Waals surface area contributed by atoms with E-state index >= 15 is 0 Å². The van der Waals surface area contributed by atoms with Gasteiger partial charge in [0, 0.05) is 36.3 Å². The van der Waals surface area contributed by atoms with Crippen LogP contribution in [0.15, 0.2) is 34.9 Å². The Bertz CT molecular complexity index is 980. The highest BCUT2D eigenvalue weighted by Crippen LogP contribution is 2.37. The van der Waals surface area contributed by atoms with Crippen LogP contribution in [0.4, 0.5) is 0 Å². The van der Waals surface area contributed by atoms with Crippen molar-refractivity contribution in [2.24, 2.45) is 0 Å². The summed E-state index contributed by atoms with van der Waals surface area (Å²) in [5, 5.41) is 0. The molecule has 0 aromatic heterocycles. The second-order valence-corrected chi connectivity index (χ2v) is 10.5. The highest BCUT2D eigenvalue weighted by Gasteiger charge is 2.46. The van der Waals surface area contributed by atoms with E-state index in [-0.39, 0.29) is 34.0 Å². The molecule has 2 saturated heterocycles. The minimum atomic E-state index is -4.12. The zero-order chi connectivity index (χ0) is 21.5. The average molecular weight is 431 g/mol. The number of hydrogen-bond donors (Lipinski definition) is 0. The number of likely N-dealkylation sites (tertiary alicyclic amines) is 1. The maximum atomic E-state index is 13.9. The molecule has 0 radical (unpaired) electrons. The van der Waals surface area contributed by atoms with E-state index in [1.807, 2.05) is 18.7 Å². The van der Waals surface area contributed by atoms with Gasteiger partial charge in [-0.25, -0.2) is 8.42 Å². The van der Waals surface area contributed by atoms with Gasteiger partial charge >= 0.3 is 0 Å². The quantitative estimate of drug-likeness (QED) is 0.730. The molecule has 4 rings (SSSR count). The van der Waals surface area contributed by atoms with E-state index in [0.717, 1.165) is 44.9 Å². The van der Waals surface area contributed by atoms with Crippen molar-refractivity contribution in [1.29, 1.82) is 0 Å². The summed E-state index contributed by atoms with van der Waals surface area (Å²) in [5.74, 6) is -0.891. The molecule has 162 valence electrons. The summed E-state index contributed by atoms with van der Waals surface area (Å²) in [7, 11) is -4.12. The van der Waals surface area contributed by atoms with Crippen molar-refractivity contribution in [3.8, 4) is 0 Å². The number of carbonyl (C=O) groups excluding carboxylic acids is 2. The normalized spacial score (nSPS) is 26.5. The first-order valence-electron chi connectivity index (χ1n) is 11.0. The monoisotopic (exact) mass is 430 g/mol. The molecule has 2 aliphatic heterocycles. The predicted octanol–water partition coefficient (Wildman–Crippen LogP) is 3.75. The number of benzene rings is 1. The lowest BCUT2D eigenvalue weighted by Crippen LogP contribution is -2.50. The Morgan fingerprint density at radius 1 is 0.800 bits per heavy atom. The number of rotatable bonds is 3. The van der Waals surface area contributed by atoms with Crippen LogP contribution in [0.3, 0.4) is 0 Å². The van der Waals surface area contributed by atoms with Gasteiger partial charge in [0.2, 0.25) is 21.6 Å². The molecule has 3 aliphatic rings. The molecule has 2 heterocycles. The number of fused-ring (bicyclic) bond motifs is 1. The summed E-state index contributed by atoms with van der Waals surface area (Å²) >= 11 is 0. The van der Waals surface area contributed by atoms with Gasteiger partial charge in [0.1, 0.15) is 5.70 Å². The van der Waals surface area contributed by atoms with Crippen molar-refractivity contribution in [2.75, 3.05) is 13.1 Å². The van der Waals surface area contributed by atoms with Crippen molar-refractivity contribution in [1.82, 2.24) is 9.21 Å². The van der Waals surface area contributed by atoms with Gasteiger partial charge < -0.3 is 4.90 Å². The van der Waals surface area contributed by atoms with E-state index < -0.39 is 15.8 Å². The molecule has 0 bridgehead atoms. The van der Waals surface area contributed by atoms with Gasteiger partial charge in [-0.05, 0) is 39.5 Å². The number of piperidine rings is 1. The lowest BCUT2D eigenvalue weighted by atomic mass is 9.91. The Morgan fingerprint density at radius 2 is 1.33 bits per heavy atom. The highest BCUT2D eigenvalue weighted by molar-refractivity contribution is 7.94. The van der Waals surface area contributed by atoms with Crippen LogP contribution in [0.5, 0.6) is 0 Å². The maximum absolute atomic E-state index is 13.9. The number of ketones is 2. The Labute approximate surface area is 179 Å². The van der Waals surface area contributed by atoms with Crippen molar-refractivity contribution in [3.63, 3.8) is 0 Å². The molecular weight excluding hydrogens is 400 g/mol. The molecule has 0 saturated carbocycles. The van der Waals surface area contributed by atoms with E-state index in [4.69, 9.17) is 0 Å². The fraction of sp³-hybridized carbons (Fsp3) is 0.565. The molecule has 0 amide bonds. The Hall–Kier alpha value is -1.99. The lowest BCUT2D eigenvalue weighted by Gasteiger charge is -2.39. The van der Waals surface area contributed by atoms with Gasteiger partial charge in [-0.2, -0.15) is 4.31 Å². The van der Waals surface area contributed by atoms with Crippen LogP contribution in [0.2, 0.25) is 0 Å². The van der Waals surface area contributed by atoms with Gasteiger partial charge in [-0.3, -0.25) is 9.59 Å². The summed E-state index contributed by atoms with van der Waals surface area (Å²) in [6.45, 7) is 4.98. The zero-order valence-corrected chi connectivity index (χ0v) is 18.6. The molecule has 1 aromatic carbocycles. The van der Waals surface area contributed by atoms with Crippen LogP contribution in [-0.4, -0.2) is 54.4 Å². The van der Waals surface area contributed by atoms with Crippen molar-refractivity contribution in [3.05, 3.63) is 46.0 Å². The fourth-order valence-electron chi connectivity index (χ4n) is 5.14. The number of allylic oxidation sites excluding steroid dienone is 2. The lowest BCUT2D eigenvalue weighted by molar-refractivity contribution is 0.0945. The summed E-state index contributed by atoms with van der Waals surface area (Å²) in [4.78, 5) is 28.6. The van der Waals surface area contributed by atoms with Gasteiger partial charge in [-0.1, -0.05) is 43.5 Å². The molecular formula is C23H30N2O4S. The Balaban J connectivity index is 1.92. The third-order valence-electron chi connectivity index (χ3n) is 6.62. The Morgan fingerprint density at radius 3 is 1.90 bits per heavy atom. The SMILES string of the molecule is CC1CCCC(C)N1S(=O)(=O)C1=C(N2CCCCCC2)C(=O)c2ccccc2C1=O. The highest BCUT2D eigenvalue weighted by atomic mass is 32.2. The first kappa shape index (κ1) is 21.2. The predicted molar refractivity (Wildman–Crippen MR) is 116 cm³/mol. The minimum Gasteiger partial charge on any atom is -0.367 e. The molecule has 0 N–H and O–H groups in total. The van der Waals surface area contributed by atoms with Crippen LogP contribution >= 0.6 is 0 Å². The number of nitrogens with zero attached hydrogens (tertiary/aromatic N) is 2. The topological polar surface area (TPSA) is 74.8 Å². The van der Waals surface area contributed by atoms with Crippen LogP contribution in [0, 0.1) is 0 Å². The summed E-state index contributed by atoms with van der Waals surface area (Å²) in [6.07, 6.45) is 6.34. The van der Waals surface area contributed by atoms with Crippen LogP contribution in [0.25, 0.3) is 0 Å². The molecule has 6 nitrogen and oxygen atoms in total. The smallest absolute Gasteiger partial charge is 0.249 e. The Kier molecular flexibility index (Phi) is 5.86. The molecule has 2 unspecified atom stereocenters. The standard InChI is InChI=1S/C23H30N2O4S/c1-16-10-9-11-17(2)25(16)30(28,29)23-20(24-14-7-3-4-8-15-24)21(26)18-12-5-6-13-19(18)22(23)27/h5-6,12-13,16-17H,3-4,7-11,14-15H2,1-2H3. The summed E-state index contributed by atoms with van der Waals surface area (Å²) in [5.41, 5.74) is 0.586. The largest absolute Gasteiger partial charge is 0.367 e. The van der Waals surface area contributed by atoms with E-state index in [1.165, 1.54) is 4.31 Å². The maximum Gasteiger partial charge on any atom is 0.249 e. The van der Waals surface area contributed by atoms with Crippen LogP contribution in [-0.2, 0) is 10.0 Å². The number of hydrogen-bond acceptors (Lipinski definition) is 5. The molecule has 2 atom stereocenters. The van der Waals surface area contributed by atoms with Gasteiger partial charge in [0.05, 0.1) is 0 Å². The molecule has 1 aliphatic carbocycles. The molecule has 1 aromatic rings. The van der Waals surface area contributed by atoms with E-state index in [9.17, 15) is 18.0 Å². The molecule has 0 spiro atoms. The van der Waals surface area contributed by atoms with Gasteiger partial charge in [-0.15, -0.1) is 0 Å². The third kappa shape index (κ3) is 3.52. The first-order chi connectivity index (χ1) is 14.3. The van der Waals surface area contributed by atoms with E-state index in [1.54, 1.807) is 24.3 Å². The van der Waals surface area contributed by atoms with Crippen LogP contribution in [0.1, 0.15) is 79.5 Å². The first-order valence-corrected chi connectivity index (χ1v) is 12.5. The number of Topliss-reactive ketones (excluding diaryl/α,β-unsaturated/α-hetero) is 2. The van der Waals surface area contributed by atoms with Crippen molar-refractivity contribution < 1.29 is 18.0 Å². The fourth-order valence-corrected chi connectivity index (χ4v) is 7.32. The van der Waals surface area contributed by atoms with Crippen LogP contribution < -0.4 is 0 Å². The third-order valence-corrected chi connectivity index (χ3v) is 8.79. The second-order valence-electron chi connectivity index (χ2n) is 8.75. The van der Waals surface area contributed by atoms with E-state index in [2.05, 4.69) is 0 Å². The number of sulfonamides is 1. The molecule has 30 heavy (non-hydrogen) atoms.